The summed E-state index contributed by atoms with van der Waals surface area (Å²) >= 11 is 0. The van der Waals surface area contributed by atoms with Gasteiger partial charge in [-0.15, -0.1) is 0 Å². The Bertz CT molecular complexity index is 1110. The molecule has 0 heterocycles. The molecule has 0 rings (SSSR count). The molecule has 0 aromatic rings. The van der Waals surface area contributed by atoms with Crippen molar-refractivity contribution in [2.45, 2.75) is 406 Å². The summed E-state index contributed by atoms with van der Waals surface area (Å²) in [5, 5.41) is 0. The van der Waals surface area contributed by atoms with Crippen molar-refractivity contribution in [3.63, 3.8) is 0 Å². The lowest BCUT2D eigenvalue weighted by Crippen LogP contribution is -2.30. The smallest absolute Gasteiger partial charge is 0.306 e. The summed E-state index contributed by atoms with van der Waals surface area (Å²) in [5.74, 6) is -0.820. The van der Waals surface area contributed by atoms with Gasteiger partial charge in [0.1, 0.15) is 13.2 Å². The van der Waals surface area contributed by atoms with Gasteiger partial charge in [-0.1, -0.05) is 361 Å². The van der Waals surface area contributed by atoms with Crippen LogP contribution < -0.4 is 0 Å². The van der Waals surface area contributed by atoms with Crippen molar-refractivity contribution in [1.29, 1.82) is 0 Å². The molecule has 0 N–H and O–H groups in total. The topological polar surface area (TPSA) is 78.9 Å². The van der Waals surface area contributed by atoms with E-state index in [1.54, 1.807) is 0 Å². The lowest BCUT2D eigenvalue weighted by atomic mass is 10.0. The van der Waals surface area contributed by atoms with Crippen LogP contribution in [0.2, 0.25) is 0 Å². The van der Waals surface area contributed by atoms with Crippen molar-refractivity contribution >= 4 is 17.9 Å². The van der Waals surface area contributed by atoms with Crippen molar-refractivity contribution in [1.82, 2.24) is 0 Å². The summed E-state index contributed by atoms with van der Waals surface area (Å²) in [6, 6.07) is 0. The Hall–Kier alpha value is -1.59. The molecule has 0 amide bonds. The van der Waals surface area contributed by atoms with E-state index in [9.17, 15) is 14.4 Å². The number of hydrogen-bond donors (Lipinski definition) is 0. The van der Waals surface area contributed by atoms with Crippen LogP contribution in [0.5, 0.6) is 0 Å². The van der Waals surface area contributed by atoms with Gasteiger partial charge in [0.15, 0.2) is 6.10 Å². The number of esters is 3. The lowest BCUT2D eigenvalue weighted by molar-refractivity contribution is -0.167. The van der Waals surface area contributed by atoms with Gasteiger partial charge in [-0.25, -0.2) is 0 Å². The van der Waals surface area contributed by atoms with Crippen LogP contribution in [0.1, 0.15) is 400 Å². The Morgan fingerprint density at radius 2 is 0.365 bits per heavy atom. The van der Waals surface area contributed by atoms with Gasteiger partial charge in [-0.3, -0.25) is 14.4 Å². The highest BCUT2D eigenvalue weighted by molar-refractivity contribution is 5.71. The molecular formula is C68H132O6. The molecule has 0 spiro atoms. The Morgan fingerprint density at radius 3 is 0.541 bits per heavy atom. The van der Waals surface area contributed by atoms with E-state index in [0.717, 1.165) is 57.8 Å². The summed E-state index contributed by atoms with van der Waals surface area (Å²) in [4.78, 5) is 38.4. The number of rotatable bonds is 64. The monoisotopic (exact) mass is 1050 g/mol. The van der Waals surface area contributed by atoms with Crippen LogP contribution in [0.15, 0.2) is 0 Å². The van der Waals surface area contributed by atoms with E-state index in [-0.39, 0.29) is 31.1 Å². The zero-order valence-electron chi connectivity index (χ0n) is 50.7. The molecule has 0 aliphatic carbocycles. The highest BCUT2D eigenvalue weighted by Gasteiger charge is 2.19. The Balaban J connectivity index is 4.25. The third-order valence-electron chi connectivity index (χ3n) is 15.9. The predicted molar refractivity (Wildman–Crippen MR) is 321 cm³/mol. The summed E-state index contributed by atoms with van der Waals surface area (Å²) in [6.45, 7) is 6.74. The first kappa shape index (κ1) is 72.4. The predicted octanol–water partition coefficient (Wildman–Crippen LogP) is 23.1. The van der Waals surface area contributed by atoms with Gasteiger partial charge >= 0.3 is 17.9 Å². The summed E-state index contributed by atoms with van der Waals surface area (Å²) in [6.07, 6.45) is 74.0. The molecule has 1 unspecified atom stereocenters. The van der Waals surface area contributed by atoms with Crippen molar-refractivity contribution in [2.24, 2.45) is 0 Å². The summed E-state index contributed by atoms with van der Waals surface area (Å²) in [7, 11) is 0. The number of carbonyl (C=O) groups excluding carboxylic acids is 3. The van der Waals surface area contributed by atoms with Crippen molar-refractivity contribution < 1.29 is 28.6 Å². The third-order valence-corrected chi connectivity index (χ3v) is 15.9. The molecule has 0 aromatic heterocycles. The second-order valence-corrected chi connectivity index (χ2v) is 23.5. The van der Waals surface area contributed by atoms with Crippen LogP contribution >= 0.6 is 0 Å². The van der Waals surface area contributed by atoms with E-state index in [0.29, 0.717) is 19.3 Å². The highest BCUT2D eigenvalue weighted by atomic mass is 16.6. The summed E-state index contributed by atoms with van der Waals surface area (Å²) < 4.78 is 17.0. The molecule has 6 nitrogen and oxygen atoms in total. The molecule has 440 valence electrons. The van der Waals surface area contributed by atoms with Crippen molar-refractivity contribution in [2.75, 3.05) is 13.2 Å². The van der Waals surface area contributed by atoms with Gasteiger partial charge in [0.25, 0.3) is 0 Å². The van der Waals surface area contributed by atoms with Crippen molar-refractivity contribution in [3.05, 3.63) is 0 Å². The van der Waals surface area contributed by atoms with E-state index in [1.807, 2.05) is 0 Å². The summed E-state index contributed by atoms with van der Waals surface area (Å²) in [5.41, 5.74) is 0. The van der Waals surface area contributed by atoms with E-state index in [1.165, 1.54) is 302 Å². The average Bonchev–Trinajstić information content (AvgIpc) is 3.40. The maximum atomic E-state index is 12.9. The van der Waals surface area contributed by atoms with Gasteiger partial charge in [0.05, 0.1) is 0 Å². The number of ether oxygens (including phenoxy) is 3. The molecule has 0 fully saturated rings. The fourth-order valence-corrected chi connectivity index (χ4v) is 10.7. The van der Waals surface area contributed by atoms with Crippen LogP contribution in [0.3, 0.4) is 0 Å². The van der Waals surface area contributed by atoms with E-state index in [4.69, 9.17) is 14.2 Å². The maximum Gasteiger partial charge on any atom is 0.306 e. The number of carbonyl (C=O) groups is 3. The molecule has 0 aliphatic rings. The van der Waals surface area contributed by atoms with Gasteiger partial charge in [-0.05, 0) is 19.3 Å². The largest absolute Gasteiger partial charge is 0.462 e. The molecule has 0 saturated heterocycles. The lowest BCUT2D eigenvalue weighted by Gasteiger charge is -2.18. The SMILES string of the molecule is CCCCCCCCCCCCCCCCCCCCCCCC(=O)OCC(COC(=O)CCCCCCCCCCCCCCCCC)OC(=O)CCCCCCCCCCCCCCCCCCCCCC. The molecule has 0 saturated carbocycles. The molecule has 0 radical (unpaired) electrons. The van der Waals surface area contributed by atoms with E-state index >= 15 is 0 Å². The first-order chi connectivity index (χ1) is 36.5. The minimum Gasteiger partial charge on any atom is -0.462 e. The second-order valence-electron chi connectivity index (χ2n) is 23.5. The first-order valence-electron chi connectivity index (χ1n) is 34.0. The normalized spacial score (nSPS) is 11.9. The van der Waals surface area contributed by atoms with Crippen LogP contribution in [0.4, 0.5) is 0 Å². The molecule has 0 aliphatic heterocycles. The Morgan fingerprint density at radius 1 is 0.216 bits per heavy atom. The highest BCUT2D eigenvalue weighted by Crippen LogP contribution is 2.19. The quantitative estimate of drug-likeness (QED) is 0.0343. The van der Waals surface area contributed by atoms with Gasteiger partial charge in [0, 0.05) is 19.3 Å². The molecule has 0 aromatic carbocycles. The van der Waals surface area contributed by atoms with E-state index < -0.39 is 6.10 Å². The molecular weight excluding hydrogens is 913 g/mol. The fraction of sp³-hybridized carbons (Fsp3) is 0.956. The third kappa shape index (κ3) is 61.3. The van der Waals surface area contributed by atoms with Gasteiger partial charge in [0.2, 0.25) is 0 Å². The molecule has 6 heteroatoms. The molecule has 0 bridgehead atoms. The fourth-order valence-electron chi connectivity index (χ4n) is 10.7. The minimum absolute atomic E-state index is 0.0602. The van der Waals surface area contributed by atoms with Crippen LogP contribution in [0, 0.1) is 0 Å². The van der Waals surface area contributed by atoms with Crippen LogP contribution in [-0.4, -0.2) is 37.2 Å². The Kier molecular flexibility index (Phi) is 62.6. The maximum absolute atomic E-state index is 12.9. The van der Waals surface area contributed by atoms with Crippen LogP contribution in [0.25, 0.3) is 0 Å². The van der Waals surface area contributed by atoms with Gasteiger partial charge < -0.3 is 14.2 Å². The molecule has 74 heavy (non-hydrogen) atoms. The second kappa shape index (κ2) is 63.9. The zero-order chi connectivity index (χ0) is 53.6. The Labute approximate surface area is 463 Å². The average molecular weight is 1050 g/mol. The van der Waals surface area contributed by atoms with Crippen LogP contribution in [-0.2, 0) is 28.6 Å². The van der Waals surface area contributed by atoms with Crippen molar-refractivity contribution in [3.8, 4) is 0 Å². The standard InChI is InChI=1S/C68H132O6/c1-4-7-10-13-16-19-22-25-28-30-32-34-36-37-40-43-46-49-52-55-58-61-67(70)73-64-65(63-72-66(69)60-57-54-51-48-45-42-39-27-24-21-18-15-12-9-6-3)74-68(71)62-59-56-53-50-47-44-41-38-35-33-31-29-26-23-20-17-14-11-8-5-2/h65H,4-64H2,1-3H3. The molecule has 1 atom stereocenters. The zero-order valence-corrected chi connectivity index (χ0v) is 50.7. The first-order valence-corrected chi connectivity index (χ1v) is 34.0. The van der Waals surface area contributed by atoms with E-state index in [2.05, 4.69) is 20.8 Å². The minimum atomic E-state index is -0.763. The van der Waals surface area contributed by atoms with Gasteiger partial charge in [-0.2, -0.15) is 0 Å². The number of unbranched alkanes of at least 4 members (excludes halogenated alkanes) is 53. The number of hydrogen-bond acceptors (Lipinski definition) is 6.